The molecule has 0 bridgehead atoms. The monoisotopic (exact) mass is 378 g/mol. The molecule has 2 amide bonds. The average molecular weight is 378 g/mol. The number of carbonyl (C=O) groups excluding carboxylic acids is 2. The summed E-state index contributed by atoms with van der Waals surface area (Å²) in [5, 5.41) is 8.34. The van der Waals surface area contributed by atoms with Crippen molar-refractivity contribution in [3.63, 3.8) is 0 Å². The van der Waals surface area contributed by atoms with Gasteiger partial charge in [-0.3, -0.25) is 19.5 Å². The van der Waals surface area contributed by atoms with Crippen LogP contribution in [-0.2, 0) is 17.9 Å². The van der Waals surface area contributed by atoms with Gasteiger partial charge in [-0.1, -0.05) is 6.07 Å². The minimum absolute atomic E-state index is 0.0189. The molecule has 4 heterocycles. The van der Waals surface area contributed by atoms with E-state index in [4.69, 9.17) is 0 Å². The third kappa shape index (κ3) is 3.56. The Balaban J connectivity index is 1.43. The fourth-order valence-electron chi connectivity index (χ4n) is 3.01. The zero-order chi connectivity index (χ0) is 19.5. The maximum Gasteiger partial charge on any atom is 0.316 e. The topological polar surface area (TPSA) is 111 Å². The minimum Gasteiger partial charge on any atom is -0.300 e. The number of hydrogen-bond donors (Lipinski definition) is 0. The van der Waals surface area contributed by atoms with Crippen molar-refractivity contribution in [2.75, 3.05) is 11.9 Å². The van der Waals surface area contributed by atoms with E-state index < -0.39 is 11.8 Å². The van der Waals surface area contributed by atoms with Gasteiger partial charge in [-0.25, -0.2) is 19.3 Å². The van der Waals surface area contributed by atoms with Crippen LogP contribution in [-0.4, -0.2) is 54.6 Å². The molecule has 0 saturated heterocycles. The Kier molecular flexibility index (Phi) is 4.75. The van der Waals surface area contributed by atoms with Gasteiger partial charge in [0.1, 0.15) is 12.1 Å². The van der Waals surface area contributed by atoms with Crippen LogP contribution < -0.4 is 4.90 Å². The lowest BCUT2D eigenvalue weighted by Gasteiger charge is -2.16. The first-order valence-electron chi connectivity index (χ1n) is 8.79. The lowest BCUT2D eigenvalue weighted by atomic mass is 10.1. The zero-order valence-corrected chi connectivity index (χ0v) is 15.2. The molecule has 142 valence electrons. The first kappa shape index (κ1) is 17.7. The van der Waals surface area contributed by atoms with Crippen LogP contribution in [0.25, 0.3) is 0 Å². The van der Waals surface area contributed by atoms with E-state index in [-0.39, 0.29) is 11.7 Å². The van der Waals surface area contributed by atoms with Gasteiger partial charge in [0.25, 0.3) is 0 Å². The Morgan fingerprint density at radius 2 is 2.18 bits per heavy atom. The maximum absolute atomic E-state index is 12.6. The number of aryl methyl sites for hydroxylation is 1. The number of hydrogen-bond acceptors (Lipinski definition) is 6. The molecule has 0 aromatic carbocycles. The van der Waals surface area contributed by atoms with Gasteiger partial charge in [0.05, 0.1) is 24.4 Å². The Hall–Kier alpha value is -3.69. The van der Waals surface area contributed by atoms with Crippen molar-refractivity contribution in [3.8, 4) is 0 Å². The highest BCUT2D eigenvalue weighted by Gasteiger charge is 2.27. The summed E-state index contributed by atoms with van der Waals surface area (Å²) in [6.45, 7) is 0.975. The first-order valence-corrected chi connectivity index (χ1v) is 8.79. The molecular weight excluding hydrogens is 360 g/mol. The summed E-state index contributed by atoms with van der Waals surface area (Å²) >= 11 is 0. The second kappa shape index (κ2) is 7.51. The molecule has 28 heavy (non-hydrogen) atoms. The highest BCUT2D eigenvalue weighted by Crippen LogP contribution is 2.21. The first-order chi connectivity index (χ1) is 13.6. The highest BCUT2D eigenvalue weighted by atomic mass is 16.2. The molecule has 0 spiro atoms. The second-order valence-electron chi connectivity index (χ2n) is 6.38. The summed E-state index contributed by atoms with van der Waals surface area (Å²) in [5.41, 5.74) is 0.805. The van der Waals surface area contributed by atoms with Crippen LogP contribution in [0.5, 0.6) is 0 Å². The van der Waals surface area contributed by atoms with Crippen LogP contribution in [0.2, 0.25) is 0 Å². The molecule has 3 aromatic rings. The maximum atomic E-state index is 12.6. The summed E-state index contributed by atoms with van der Waals surface area (Å²) in [7, 11) is 1.69. The molecule has 0 N–H and O–H groups in total. The summed E-state index contributed by atoms with van der Waals surface area (Å²) in [5.74, 6) is -0.524. The normalized spacial score (nSPS) is 17.0. The number of pyridine rings is 1. The molecule has 10 heteroatoms. The van der Waals surface area contributed by atoms with Gasteiger partial charge in [-0.15, -0.1) is 5.10 Å². The smallest absolute Gasteiger partial charge is 0.300 e. The van der Waals surface area contributed by atoms with E-state index in [2.05, 4.69) is 25.2 Å². The van der Waals surface area contributed by atoms with Crippen LogP contribution in [0, 0.1) is 5.92 Å². The number of nitrogens with zero attached hydrogens (tertiary/aromatic N) is 8. The fraction of sp³-hybridized carbons (Fsp3) is 0.278. The van der Waals surface area contributed by atoms with Crippen molar-refractivity contribution >= 4 is 23.8 Å². The molecule has 1 aliphatic rings. The van der Waals surface area contributed by atoms with E-state index in [0.717, 1.165) is 11.5 Å². The van der Waals surface area contributed by atoms with Gasteiger partial charge < -0.3 is 0 Å². The van der Waals surface area contributed by atoms with E-state index in [1.807, 2.05) is 18.2 Å². The Morgan fingerprint density at radius 3 is 3.00 bits per heavy atom. The lowest BCUT2D eigenvalue weighted by molar-refractivity contribution is -0.120. The predicted molar refractivity (Wildman–Crippen MR) is 99.9 cm³/mol. The van der Waals surface area contributed by atoms with E-state index in [1.54, 1.807) is 30.2 Å². The van der Waals surface area contributed by atoms with E-state index >= 15 is 0 Å². The second-order valence-corrected chi connectivity index (χ2v) is 6.38. The standard InChI is InChI=1S/C18H18N8O2/c1-24-15-5-8-22-26(15)9-6-13(18(24)28)10-20-17(27)16-21-12-25(23-16)11-14-4-2-3-7-19-14/h2-5,7-8,10,12-13H,6,9,11H2,1H3. The molecule has 0 fully saturated rings. The largest absolute Gasteiger partial charge is 0.316 e. The fourth-order valence-corrected chi connectivity index (χ4v) is 3.01. The van der Waals surface area contributed by atoms with Crippen molar-refractivity contribution in [3.05, 3.63) is 54.5 Å². The van der Waals surface area contributed by atoms with Gasteiger partial charge in [-0.05, 0) is 18.6 Å². The molecule has 1 atom stereocenters. The Labute approximate surface area is 160 Å². The number of aliphatic imine (C=N–C) groups is 1. The van der Waals surface area contributed by atoms with E-state index in [9.17, 15) is 9.59 Å². The summed E-state index contributed by atoms with van der Waals surface area (Å²) in [6.07, 6.45) is 6.70. The van der Waals surface area contributed by atoms with Gasteiger partial charge in [-0.2, -0.15) is 5.10 Å². The van der Waals surface area contributed by atoms with Crippen molar-refractivity contribution in [1.29, 1.82) is 0 Å². The van der Waals surface area contributed by atoms with Crippen LogP contribution in [0.1, 0.15) is 22.7 Å². The number of anilines is 1. The van der Waals surface area contributed by atoms with Crippen molar-refractivity contribution < 1.29 is 9.59 Å². The number of rotatable bonds is 4. The molecule has 0 radical (unpaired) electrons. The molecule has 1 unspecified atom stereocenters. The quantitative estimate of drug-likeness (QED) is 0.621. The number of fused-ring (bicyclic) bond motifs is 1. The Bertz CT molecular complexity index is 1020. The van der Waals surface area contributed by atoms with Gasteiger partial charge >= 0.3 is 5.91 Å². The predicted octanol–water partition coefficient (Wildman–Crippen LogP) is 0.812. The summed E-state index contributed by atoms with van der Waals surface area (Å²) < 4.78 is 3.28. The molecule has 0 aliphatic carbocycles. The van der Waals surface area contributed by atoms with Gasteiger partial charge in [0.15, 0.2) is 0 Å². The molecule has 3 aromatic heterocycles. The van der Waals surface area contributed by atoms with E-state index in [0.29, 0.717) is 19.5 Å². The molecule has 1 aliphatic heterocycles. The van der Waals surface area contributed by atoms with Crippen molar-refractivity contribution in [2.45, 2.75) is 19.5 Å². The van der Waals surface area contributed by atoms with Crippen LogP contribution in [0.3, 0.4) is 0 Å². The van der Waals surface area contributed by atoms with Crippen LogP contribution in [0.15, 0.2) is 48.0 Å². The van der Waals surface area contributed by atoms with Crippen LogP contribution in [0.4, 0.5) is 5.82 Å². The average Bonchev–Trinajstić information content (AvgIpc) is 3.35. The number of carbonyl (C=O) groups is 2. The third-order valence-corrected chi connectivity index (χ3v) is 4.49. The minimum atomic E-state index is -0.586. The summed E-state index contributed by atoms with van der Waals surface area (Å²) in [4.78, 5) is 38.6. The van der Waals surface area contributed by atoms with Gasteiger partial charge in [0, 0.05) is 32.1 Å². The number of amides is 2. The van der Waals surface area contributed by atoms with E-state index in [1.165, 1.54) is 22.1 Å². The van der Waals surface area contributed by atoms with Gasteiger partial charge in [0.2, 0.25) is 11.7 Å². The van der Waals surface area contributed by atoms with Crippen LogP contribution >= 0.6 is 0 Å². The molecule has 0 saturated carbocycles. The SMILES string of the molecule is CN1C(=O)C(C=NC(=O)c2ncn(Cc3ccccn3)n2)CCn2nccc21. The number of aromatic nitrogens is 6. The van der Waals surface area contributed by atoms with Crippen molar-refractivity contribution in [2.24, 2.45) is 10.9 Å². The molecule has 4 rings (SSSR count). The lowest BCUT2D eigenvalue weighted by Crippen LogP contribution is -2.32. The Morgan fingerprint density at radius 1 is 1.29 bits per heavy atom. The zero-order valence-electron chi connectivity index (χ0n) is 15.2. The highest BCUT2D eigenvalue weighted by molar-refractivity contribution is 6.06. The summed E-state index contributed by atoms with van der Waals surface area (Å²) in [6, 6.07) is 7.34. The molecular formula is C18H18N8O2. The van der Waals surface area contributed by atoms with Crippen molar-refractivity contribution in [1.82, 2.24) is 29.5 Å². The third-order valence-electron chi connectivity index (χ3n) is 4.49. The molecule has 10 nitrogen and oxygen atoms in total.